The molecule has 1 unspecified atom stereocenters. The van der Waals surface area contributed by atoms with E-state index in [1.54, 1.807) is 12.3 Å². The van der Waals surface area contributed by atoms with Gasteiger partial charge in [0.25, 0.3) is 0 Å². The number of aliphatic carboxylic acids is 1. The molecule has 0 fully saturated rings. The average molecular weight is 290 g/mol. The van der Waals surface area contributed by atoms with Gasteiger partial charge in [-0.05, 0) is 6.92 Å². The van der Waals surface area contributed by atoms with Crippen LogP contribution >= 0.6 is 23.1 Å². The number of thioether (sulfide) groups is 1. The summed E-state index contributed by atoms with van der Waals surface area (Å²) in [5.74, 6) is -0.618. The van der Waals surface area contributed by atoms with Crippen molar-refractivity contribution in [2.75, 3.05) is 12.4 Å². The summed E-state index contributed by atoms with van der Waals surface area (Å²) in [6, 6.07) is -0.877. The van der Waals surface area contributed by atoms with Crippen LogP contribution in [0.2, 0.25) is 0 Å². The Labute approximate surface area is 113 Å². The second-order valence-electron chi connectivity index (χ2n) is 3.32. The number of hydrogen-bond donors (Lipinski definition) is 2. The Kier molecular flexibility index (Phi) is 6.10. The SMILES string of the molecule is CCOC(=O)c1nc(CSCC(N)C(=O)O)cs1. The van der Waals surface area contributed by atoms with Gasteiger partial charge in [-0.1, -0.05) is 0 Å². The highest BCUT2D eigenvalue weighted by Gasteiger charge is 2.14. The highest BCUT2D eigenvalue weighted by atomic mass is 32.2. The van der Waals surface area contributed by atoms with Crippen molar-refractivity contribution in [1.82, 2.24) is 4.98 Å². The van der Waals surface area contributed by atoms with Gasteiger partial charge in [0.15, 0.2) is 0 Å². The molecule has 1 rings (SSSR count). The fourth-order valence-corrected chi connectivity index (χ4v) is 2.71. The normalized spacial score (nSPS) is 12.1. The molecule has 1 aromatic heterocycles. The maximum Gasteiger partial charge on any atom is 0.367 e. The second-order valence-corrected chi connectivity index (χ2v) is 5.21. The summed E-state index contributed by atoms with van der Waals surface area (Å²) < 4.78 is 4.82. The number of carboxylic acid groups (broad SMARTS) is 1. The lowest BCUT2D eigenvalue weighted by molar-refractivity contribution is -0.137. The van der Waals surface area contributed by atoms with Crippen LogP contribution in [0.25, 0.3) is 0 Å². The molecule has 0 aromatic carbocycles. The number of hydrogen-bond acceptors (Lipinski definition) is 7. The molecule has 1 heterocycles. The zero-order chi connectivity index (χ0) is 13.5. The molecule has 6 nitrogen and oxygen atoms in total. The van der Waals surface area contributed by atoms with Crippen molar-refractivity contribution >= 4 is 35.0 Å². The molecule has 0 saturated heterocycles. The predicted molar refractivity (Wildman–Crippen MR) is 69.8 cm³/mol. The van der Waals surface area contributed by atoms with Gasteiger partial charge in [-0.25, -0.2) is 9.78 Å². The first-order valence-corrected chi connectivity index (χ1v) is 7.25. The fourth-order valence-electron chi connectivity index (χ4n) is 1.02. The highest BCUT2D eigenvalue weighted by Crippen LogP contribution is 2.17. The number of carbonyl (C=O) groups is 2. The molecule has 0 aliphatic heterocycles. The van der Waals surface area contributed by atoms with Crippen molar-refractivity contribution < 1.29 is 19.4 Å². The Morgan fingerprint density at radius 2 is 2.39 bits per heavy atom. The lowest BCUT2D eigenvalue weighted by atomic mass is 10.4. The molecular formula is C10H14N2O4S2. The summed E-state index contributed by atoms with van der Waals surface area (Å²) in [5.41, 5.74) is 6.09. The number of nitrogens with zero attached hydrogens (tertiary/aromatic N) is 1. The Hall–Kier alpha value is -1.12. The number of aromatic nitrogens is 1. The minimum atomic E-state index is -1.02. The summed E-state index contributed by atoms with van der Waals surface area (Å²) in [5, 5.41) is 10.7. The molecule has 1 aromatic rings. The van der Waals surface area contributed by atoms with E-state index in [0.29, 0.717) is 23.1 Å². The zero-order valence-corrected chi connectivity index (χ0v) is 11.4. The number of thiazole rings is 1. The molecular weight excluding hydrogens is 276 g/mol. The van der Waals surface area contributed by atoms with Crippen molar-refractivity contribution in [3.63, 3.8) is 0 Å². The summed E-state index contributed by atoms with van der Waals surface area (Å²) in [6.07, 6.45) is 0. The van der Waals surface area contributed by atoms with Gasteiger partial charge in [-0.15, -0.1) is 11.3 Å². The molecule has 18 heavy (non-hydrogen) atoms. The number of nitrogens with two attached hydrogens (primary N) is 1. The van der Waals surface area contributed by atoms with Crippen LogP contribution in [-0.4, -0.2) is 40.4 Å². The number of esters is 1. The molecule has 0 radical (unpaired) electrons. The number of carboxylic acids is 1. The Balaban J connectivity index is 2.40. The van der Waals surface area contributed by atoms with Crippen LogP contribution in [0.5, 0.6) is 0 Å². The molecule has 0 saturated carbocycles. The number of ether oxygens (including phenoxy) is 1. The van der Waals surface area contributed by atoms with Crippen LogP contribution < -0.4 is 5.73 Å². The van der Waals surface area contributed by atoms with Gasteiger partial charge >= 0.3 is 11.9 Å². The Bertz CT molecular complexity index is 422. The van der Waals surface area contributed by atoms with Gasteiger partial charge in [0.2, 0.25) is 5.01 Å². The second kappa shape index (κ2) is 7.34. The monoisotopic (exact) mass is 290 g/mol. The van der Waals surface area contributed by atoms with Gasteiger partial charge in [-0.3, -0.25) is 4.79 Å². The van der Waals surface area contributed by atoms with Gasteiger partial charge in [0, 0.05) is 16.9 Å². The van der Waals surface area contributed by atoms with E-state index in [1.807, 2.05) is 0 Å². The maximum absolute atomic E-state index is 11.4. The largest absolute Gasteiger partial charge is 0.480 e. The molecule has 8 heteroatoms. The minimum Gasteiger partial charge on any atom is -0.480 e. The molecule has 0 spiro atoms. The van der Waals surface area contributed by atoms with Crippen LogP contribution in [-0.2, 0) is 15.3 Å². The lowest BCUT2D eigenvalue weighted by Gasteiger charge is -2.04. The standard InChI is InChI=1S/C10H14N2O4S2/c1-2-16-10(15)8-12-6(4-18-8)3-17-5-7(11)9(13)14/h4,7H,2-3,5,11H2,1H3,(H,13,14). The fraction of sp³-hybridized carbons (Fsp3) is 0.500. The quantitative estimate of drug-likeness (QED) is 0.721. The number of rotatable bonds is 7. The lowest BCUT2D eigenvalue weighted by Crippen LogP contribution is -2.32. The van der Waals surface area contributed by atoms with Crippen molar-refractivity contribution in [3.8, 4) is 0 Å². The molecule has 0 amide bonds. The number of carbonyl (C=O) groups excluding carboxylic acids is 1. The van der Waals surface area contributed by atoms with Gasteiger partial charge < -0.3 is 15.6 Å². The Morgan fingerprint density at radius 1 is 1.67 bits per heavy atom. The van der Waals surface area contributed by atoms with Crippen molar-refractivity contribution in [2.45, 2.75) is 18.7 Å². The highest BCUT2D eigenvalue weighted by molar-refractivity contribution is 7.98. The van der Waals surface area contributed by atoms with E-state index in [1.165, 1.54) is 23.1 Å². The van der Waals surface area contributed by atoms with Crippen molar-refractivity contribution in [2.24, 2.45) is 5.73 Å². The first kappa shape index (κ1) is 14.9. The van der Waals surface area contributed by atoms with Gasteiger partial charge in [-0.2, -0.15) is 11.8 Å². The molecule has 0 bridgehead atoms. The van der Waals surface area contributed by atoms with Gasteiger partial charge in [0.05, 0.1) is 12.3 Å². The van der Waals surface area contributed by atoms with Crippen LogP contribution in [0.1, 0.15) is 22.4 Å². The van der Waals surface area contributed by atoms with E-state index < -0.39 is 18.0 Å². The van der Waals surface area contributed by atoms with Crippen molar-refractivity contribution in [3.05, 3.63) is 16.1 Å². The van der Waals surface area contributed by atoms with Crippen LogP contribution in [0.4, 0.5) is 0 Å². The summed E-state index contributed by atoms with van der Waals surface area (Å²) in [6.45, 7) is 2.05. The molecule has 1 atom stereocenters. The first-order chi connectivity index (χ1) is 8.54. The van der Waals surface area contributed by atoms with E-state index in [9.17, 15) is 9.59 Å². The smallest absolute Gasteiger partial charge is 0.367 e. The van der Waals surface area contributed by atoms with E-state index in [2.05, 4.69) is 4.98 Å². The molecule has 3 N–H and O–H groups in total. The first-order valence-electron chi connectivity index (χ1n) is 5.22. The van der Waals surface area contributed by atoms with Crippen LogP contribution in [0.3, 0.4) is 0 Å². The average Bonchev–Trinajstić information content (AvgIpc) is 2.78. The van der Waals surface area contributed by atoms with E-state index in [4.69, 9.17) is 15.6 Å². The topological polar surface area (TPSA) is 103 Å². The maximum atomic E-state index is 11.4. The van der Waals surface area contributed by atoms with Crippen LogP contribution in [0.15, 0.2) is 5.38 Å². The van der Waals surface area contributed by atoms with E-state index in [0.717, 1.165) is 5.69 Å². The third-order valence-corrected chi connectivity index (χ3v) is 3.83. The Morgan fingerprint density at radius 3 is 3.00 bits per heavy atom. The van der Waals surface area contributed by atoms with E-state index >= 15 is 0 Å². The summed E-state index contributed by atoms with van der Waals surface area (Å²) >= 11 is 2.58. The van der Waals surface area contributed by atoms with Gasteiger partial charge in [0.1, 0.15) is 6.04 Å². The molecule has 0 aliphatic carbocycles. The molecule has 0 aliphatic rings. The summed E-state index contributed by atoms with van der Waals surface area (Å²) in [4.78, 5) is 25.9. The van der Waals surface area contributed by atoms with Crippen molar-refractivity contribution in [1.29, 1.82) is 0 Å². The third-order valence-electron chi connectivity index (χ3n) is 1.87. The van der Waals surface area contributed by atoms with E-state index in [-0.39, 0.29) is 0 Å². The minimum absolute atomic E-state index is 0.307. The molecule has 100 valence electrons. The third kappa shape index (κ3) is 4.63. The summed E-state index contributed by atoms with van der Waals surface area (Å²) in [7, 11) is 0. The predicted octanol–water partition coefficient (Wildman–Crippen LogP) is 0.965. The van der Waals surface area contributed by atoms with Crippen LogP contribution in [0, 0.1) is 0 Å². The zero-order valence-electron chi connectivity index (χ0n) is 9.79.